The summed E-state index contributed by atoms with van der Waals surface area (Å²) in [6.07, 6.45) is -0.168. The van der Waals surface area contributed by atoms with E-state index in [9.17, 15) is 9.90 Å². The first kappa shape index (κ1) is 25.8. The highest BCUT2D eigenvalue weighted by molar-refractivity contribution is 6.62. The third-order valence-electron chi connectivity index (χ3n) is 8.71. The molecule has 1 amide bonds. The van der Waals surface area contributed by atoms with E-state index >= 15 is 0 Å². The lowest BCUT2D eigenvalue weighted by Crippen LogP contribution is -2.53. The van der Waals surface area contributed by atoms with Crippen molar-refractivity contribution < 1.29 is 19.2 Å². The molecule has 2 saturated heterocycles. The molecule has 0 saturated carbocycles. The zero-order valence-electron chi connectivity index (χ0n) is 23.2. The van der Waals surface area contributed by atoms with Crippen molar-refractivity contribution in [1.29, 1.82) is 0 Å². The van der Waals surface area contributed by atoms with Gasteiger partial charge in [0, 0.05) is 6.54 Å². The van der Waals surface area contributed by atoms with Gasteiger partial charge in [0.1, 0.15) is 11.4 Å². The molecule has 0 radical (unpaired) electrons. The van der Waals surface area contributed by atoms with E-state index in [1.54, 1.807) is 4.90 Å². The molecule has 196 valence electrons. The summed E-state index contributed by atoms with van der Waals surface area (Å²) in [7, 11) is -0.392. The average Bonchev–Trinajstić information content (AvgIpc) is 3.44. The monoisotopic (exact) mass is 503 g/mol. The van der Waals surface area contributed by atoms with E-state index in [2.05, 4.69) is 96.8 Å². The number of H-pyrrole nitrogens is 1. The first-order valence-corrected chi connectivity index (χ1v) is 13.1. The summed E-state index contributed by atoms with van der Waals surface area (Å²) in [4.78, 5) is 22.3. The van der Waals surface area contributed by atoms with Crippen molar-refractivity contribution in [3.8, 4) is 11.1 Å². The molecule has 7 nitrogen and oxygen atoms in total. The van der Waals surface area contributed by atoms with Crippen LogP contribution < -0.4 is 5.46 Å². The smallest absolute Gasteiger partial charge is 0.465 e. The van der Waals surface area contributed by atoms with Gasteiger partial charge >= 0.3 is 13.2 Å². The molecule has 3 aromatic rings. The van der Waals surface area contributed by atoms with Gasteiger partial charge in [-0.05, 0) is 74.2 Å². The standard InChI is InChI=1S/C29H38BN3O4/c1-18-16-29(26(2,3)4,33(17-18)25(34)35)24-31-22-14-11-20(15-23(22)32-24)19-9-12-21(13-10-19)30-36-27(5,6)28(7,8)37-30/h9-15,18H,16-17H2,1-8H3,(H,31,32)(H,34,35)/t18-,29+/m0/s1. The van der Waals surface area contributed by atoms with Gasteiger partial charge in [-0.25, -0.2) is 9.78 Å². The molecule has 0 spiro atoms. The van der Waals surface area contributed by atoms with Crippen LogP contribution in [0.15, 0.2) is 42.5 Å². The molecule has 0 aliphatic carbocycles. The molecule has 5 rings (SSSR count). The number of amides is 1. The number of aromatic nitrogens is 2. The van der Waals surface area contributed by atoms with E-state index in [1.807, 2.05) is 6.07 Å². The van der Waals surface area contributed by atoms with Crippen LogP contribution in [0, 0.1) is 11.3 Å². The second kappa shape index (κ2) is 8.33. The molecule has 3 heterocycles. The van der Waals surface area contributed by atoms with Crippen molar-refractivity contribution in [2.24, 2.45) is 11.3 Å². The van der Waals surface area contributed by atoms with Crippen LogP contribution in [0.5, 0.6) is 0 Å². The third kappa shape index (κ3) is 4.05. The summed E-state index contributed by atoms with van der Waals surface area (Å²) in [6, 6.07) is 14.4. The van der Waals surface area contributed by atoms with Crippen molar-refractivity contribution in [3.05, 3.63) is 48.3 Å². The lowest BCUT2D eigenvalue weighted by atomic mass is 9.70. The van der Waals surface area contributed by atoms with Crippen molar-refractivity contribution in [3.63, 3.8) is 0 Å². The number of hydrogen-bond acceptors (Lipinski definition) is 4. The normalized spacial score (nSPS) is 25.2. The van der Waals surface area contributed by atoms with Crippen molar-refractivity contribution in [2.75, 3.05) is 6.54 Å². The number of rotatable bonds is 3. The van der Waals surface area contributed by atoms with Crippen molar-refractivity contribution >= 4 is 29.7 Å². The molecule has 2 N–H and O–H groups in total. The van der Waals surface area contributed by atoms with E-state index in [1.165, 1.54) is 0 Å². The Morgan fingerprint density at radius 2 is 1.65 bits per heavy atom. The molecule has 2 fully saturated rings. The van der Waals surface area contributed by atoms with Crippen LogP contribution >= 0.6 is 0 Å². The number of hydrogen-bond donors (Lipinski definition) is 2. The lowest BCUT2D eigenvalue weighted by Gasteiger charge is -2.45. The van der Waals surface area contributed by atoms with Gasteiger partial charge < -0.3 is 19.4 Å². The van der Waals surface area contributed by atoms with Crippen LogP contribution in [-0.2, 0) is 14.8 Å². The Morgan fingerprint density at radius 1 is 1.05 bits per heavy atom. The highest BCUT2D eigenvalue weighted by Crippen LogP contribution is 2.52. The molecular weight excluding hydrogens is 465 g/mol. The zero-order valence-corrected chi connectivity index (χ0v) is 23.2. The number of likely N-dealkylation sites (tertiary alicyclic amines) is 1. The number of imidazole rings is 1. The molecule has 2 aromatic carbocycles. The SMILES string of the molecule is C[C@@H]1CN(C(=O)O)[C@](c2nc3ccc(-c4ccc(B5OC(C)(C)C(C)(C)O5)cc4)cc3[nH]2)(C(C)(C)C)C1. The first-order valence-electron chi connectivity index (χ1n) is 13.1. The summed E-state index contributed by atoms with van der Waals surface area (Å²) in [5, 5.41) is 10.1. The summed E-state index contributed by atoms with van der Waals surface area (Å²) in [6.45, 7) is 17.1. The van der Waals surface area contributed by atoms with E-state index in [0.717, 1.165) is 39.9 Å². The number of benzene rings is 2. The second-order valence-electron chi connectivity index (χ2n) is 12.8. The largest absolute Gasteiger partial charge is 0.494 e. The van der Waals surface area contributed by atoms with Gasteiger partial charge in [0.25, 0.3) is 0 Å². The van der Waals surface area contributed by atoms with Gasteiger partial charge in [0.05, 0.1) is 22.2 Å². The van der Waals surface area contributed by atoms with Crippen LogP contribution in [-0.4, -0.2) is 50.9 Å². The van der Waals surface area contributed by atoms with Gasteiger partial charge in [-0.3, -0.25) is 4.90 Å². The molecule has 0 bridgehead atoms. The maximum Gasteiger partial charge on any atom is 0.494 e. The van der Waals surface area contributed by atoms with Crippen LogP contribution in [0.2, 0.25) is 0 Å². The maximum atomic E-state index is 12.3. The van der Waals surface area contributed by atoms with Gasteiger partial charge in [0.2, 0.25) is 0 Å². The van der Waals surface area contributed by atoms with Crippen LogP contribution in [0.1, 0.15) is 67.6 Å². The van der Waals surface area contributed by atoms with E-state index < -0.39 is 18.8 Å². The Bertz CT molecular complexity index is 1330. The number of carbonyl (C=O) groups is 1. The predicted octanol–water partition coefficient (Wildman–Crippen LogP) is 5.79. The number of nitrogens with zero attached hydrogens (tertiary/aromatic N) is 2. The van der Waals surface area contributed by atoms with Crippen molar-refractivity contribution in [2.45, 2.75) is 78.6 Å². The second-order valence-corrected chi connectivity index (χ2v) is 12.8. The van der Waals surface area contributed by atoms with Crippen LogP contribution in [0.25, 0.3) is 22.2 Å². The quantitative estimate of drug-likeness (QED) is 0.442. The molecule has 2 atom stereocenters. The fourth-order valence-corrected chi connectivity index (χ4v) is 5.88. The molecule has 8 heteroatoms. The van der Waals surface area contributed by atoms with Gasteiger partial charge in [-0.1, -0.05) is 58.0 Å². The van der Waals surface area contributed by atoms with Crippen LogP contribution in [0.4, 0.5) is 4.79 Å². The number of nitrogens with one attached hydrogen (secondary N) is 1. The van der Waals surface area contributed by atoms with Gasteiger partial charge in [-0.15, -0.1) is 0 Å². The summed E-state index contributed by atoms with van der Waals surface area (Å²) < 4.78 is 12.4. The Labute approximate surface area is 219 Å². The van der Waals surface area contributed by atoms with E-state index in [4.69, 9.17) is 14.3 Å². The third-order valence-corrected chi connectivity index (χ3v) is 8.71. The highest BCUT2D eigenvalue weighted by atomic mass is 16.7. The maximum absolute atomic E-state index is 12.3. The average molecular weight is 503 g/mol. The van der Waals surface area contributed by atoms with E-state index in [-0.39, 0.29) is 22.5 Å². The molecule has 2 aliphatic rings. The Hall–Kier alpha value is -2.84. The Morgan fingerprint density at radius 3 is 2.22 bits per heavy atom. The van der Waals surface area contributed by atoms with Crippen molar-refractivity contribution in [1.82, 2.24) is 14.9 Å². The highest BCUT2D eigenvalue weighted by Gasteiger charge is 2.57. The fourth-order valence-electron chi connectivity index (χ4n) is 5.88. The molecule has 0 unspecified atom stereocenters. The summed E-state index contributed by atoms with van der Waals surface area (Å²) >= 11 is 0. The molecule has 1 aromatic heterocycles. The van der Waals surface area contributed by atoms with Gasteiger partial charge in [0.15, 0.2) is 0 Å². The van der Waals surface area contributed by atoms with E-state index in [0.29, 0.717) is 6.54 Å². The molecule has 37 heavy (non-hydrogen) atoms. The molecular formula is C29H38BN3O4. The predicted molar refractivity (Wildman–Crippen MR) is 147 cm³/mol. The fraction of sp³-hybridized carbons (Fsp3) is 0.517. The summed E-state index contributed by atoms with van der Waals surface area (Å²) in [5.41, 5.74) is 3.04. The lowest BCUT2D eigenvalue weighted by molar-refractivity contribution is 0.00578. The molecule has 2 aliphatic heterocycles. The number of aromatic amines is 1. The first-order chi connectivity index (χ1) is 17.1. The minimum Gasteiger partial charge on any atom is -0.465 e. The number of fused-ring (bicyclic) bond motifs is 1. The van der Waals surface area contributed by atoms with Gasteiger partial charge in [-0.2, -0.15) is 0 Å². The van der Waals surface area contributed by atoms with Crippen LogP contribution in [0.3, 0.4) is 0 Å². The topological polar surface area (TPSA) is 87.7 Å². The Kier molecular flexibility index (Phi) is 5.81. The summed E-state index contributed by atoms with van der Waals surface area (Å²) in [5.74, 6) is 0.969. The number of carboxylic acid groups (broad SMARTS) is 1. The zero-order chi connectivity index (χ0) is 27.0. The minimum absolute atomic E-state index is 0.251. The Balaban J connectivity index is 1.48. The minimum atomic E-state index is -0.900.